The van der Waals surface area contributed by atoms with Crippen LogP contribution in [0.1, 0.15) is 11.1 Å². The van der Waals surface area contributed by atoms with E-state index in [0.717, 1.165) is 24.3 Å². The van der Waals surface area contributed by atoms with Crippen LogP contribution in [-0.4, -0.2) is 60.8 Å². The normalized spacial score (nSPS) is 13.8. The van der Waals surface area contributed by atoms with E-state index < -0.39 is 0 Å². The van der Waals surface area contributed by atoms with Crippen LogP contribution in [0.4, 0.5) is 11.5 Å². The number of pyridine rings is 2. The third kappa shape index (κ3) is 6.81. The maximum absolute atomic E-state index is 9.30. The van der Waals surface area contributed by atoms with Crippen molar-refractivity contribution in [2.24, 2.45) is 5.10 Å². The second-order valence-electron chi connectivity index (χ2n) is 7.48. The van der Waals surface area contributed by atoms with E-state index in [1.807, 2.05) is 37.3 Å². The van der Waals surface area contributed by atoms with E-state index in [2.05, 4.69) is 31.5 Å². The Morgan fingerprint density at radius 2 is 1.91 bits per heavy atom. The number of benzene rings is 1. The number of nitrogens with zero attached hydrogens (tertiary/aromatic N) is 4. The Morgan fingerprint density at radius 3 is 2.67 bits per heavy atom. The number of morpholine rings is 1. The molecule has 33 heavy (non-hydrogen) atoms. The van der Waals surface area contributed by atoms with Crippen LogP contribution in [0.5, 0.6) is 17.5 Å². The molecule has 0 radical (unpaired) electrons. The standard InChI is InChI=1S/C24H27N5O4/c1-18-3-2-4-19(13-18)16-26-28-22-14-20(29-7-9-31-10-8-29)15-24(27-22)33-12-11-32-23-6-5-21(30)17-25-23/h2-6,13-17,30H,7-12H2,1H3,(H,27,28). The van der Waals surface area contributed by atoms with E-state index in [9.17, 15) is 5.11 Å². The summed E-state index contributed by atoms with van der Waals surface area (Å²) in [6.07, 6.45) is 3.09. The number of hydrogen-bond acceptors (Lipinski definition) is 9. The van der Waals surface area contributed by atoms with E-state index in [0.29, 0.717) is 30.8 Å². The highest BCUT2D eigenvalue weighted by Crippen LogP contribution is 2.25. The van der Waals surface area contributed by atoms with E-state index in [-0.39, 0.29) is 19.0 Å². The van der Waals surface area contributed by atoms with Crippen LogP contribution in [-0.2, 0) is 4.74 Å². The molecule has 0 aliphatic carbocycles. The summed E-state index contributed by atoms with van der Waals surface area (Å²) in [7, 11) is 0. The van der Waals surface area contributed by atoms with E-state index in [1.165, 1.54) is 17.8 Å². The van der Waals surface area contributed by atoms with Gasteiger partial charge in [-0.1, -0.05) is 29.8 Å². The van der Waals surface area contributed by atoms with Gasteiger partial charge in [0.25, 0.3) is 0 Å². The average molecular weight is 450 g/mol. The lowest BCUT2D eigenvalue weighted by atomic mass is 10.2. The molecule has 1 aromatic carbocycles. The van der Waals surface area contributed by atoms with Crippen molar-refractivity contribution in [1.29, 1.82) is 0 Å². The average Bonchev–Trinajstić information content (AvgIpc) is 2.83. The minimum absolute atomic E-state index is 0.0906. The van der Waals surface area contributed by atoms with Gasteiger partial charge in [-0.25, -0.2) is 4.98 Å². The van der Waals surface area contributed by atoms with Crippen molar-refractivity contribution in [2.45, 2.75) is 6.92 Å². The summed E-state index contributed by atoms with van der Waals surface area (Å²) in [5.41, 5.74) is 6.17. The second kappa shape index (κ2) is 11.1. The van der Waals surface area contributed by atoms with Crippen molar-refractivity contribution in [3.8, 4) is 17.5 Å². The number of aromatic hydroxyl groups is 1. The Hall–Kier alpha value is -3.85. The predicted octanol–water partition coefficient (Wildman–Crippen LogP) is 3.23. The summed E-state index contributed by atoms with van der Waals surface area (Å²) in [4.78, 5) is 10.7. The van der Waals surface area contributed by atoms with Gasteiger partial charge in [-0.05, 0) is 18.6 Å². The van der Waals surface area contributed by atoms with Crippen molar-refractivity contribution in [2.75, 3.05) is 49.8 Å². The molecule has 0 atom stereocenters. The third-order valence-electron chi connectivity index (χ3n) is 4.90. The Bertz CT molecular complexity index is 1070. The summed E-state index contributed by atoms with van der Waals surface area (Å²) in [5.74, 6) is 1.56. The van der Waals surface area contributed by atoms with E-state index >= 15 is 0 Å². The van der Waals surface area contributed by atoms with Crippen LogP contribution in [0.3, 0.4) is 0 Å². The lowest BCUT2D eigenvalue weighted by molar-refractivity contribution is 0.122. The van der Waals surface area contributed by atoms with Gasteiger partial charge < -0.3 is 24.2 Å². The first-order valence-corrected chi connectivity index (χ1v) is 10.8. The van der Waals surface area contributed by atoms with Crippen molar-refractivity contribution < 1.29 is 19.3 Å². The van der Waals surface area contributed by atoms with Gasteiger partial charge in [-0.3, -0.25) is 5.43 Å². The minimum Gasteiger partial charge on any atom is -0.506 e. The van der Waals surface area contributed by atoms with Crippen LogP contribution in [0.25, 0.3) is 0 Å². The molecule has 1 aliphatic heterocycles. The van der Waals surface area contributed by atoms with Crippen molar-refractivity contribution >= 4 is 17.7 Å². The molecule has 1 fully saturated rings. The Kier molecular flexibility index (Phi) is 7.55. The molecule has 3 aromatic rings. The number of rotatable bonds is 9. The minimum atomic E-state index is 0.0906. The molecule has 0 bridgehead atoms. The quantitative estimate of drug-likeness (QED) is 0.292. The fraction of sp³-hybridized carbons (Fsp3) is 0.292. The topological polar surface area (TPSA) is 101 Å². The zero-order chi connectivity index (χ0) is 22.9. The van der Waals surface area contributed by atoms with Crippen LogP contribution in [0.2, 0.25) is 0 Å². The molecular formula is C24H27N5O4. The van der Waals surface area contributed by atoms with E-state index in [1.54, 1.807) is 12.3 Å². The molecule has 0 unspecified atom stereocenters. The highest BCUT2D eigenvalue weighted by Gasteiger charge is 2.14. The van der Waals surface area contributed by atoms with Gasteiger partial charge in [-0.15, -0.1) is 0 Å². The summed E-state index contributed by atoms with van der Waals surface area (Å²) in [6.45, 7) is 5.57. The molecule has 0 saturated carbocycles. The number of hydrazone groups is 1. The fourth-order valence-electron chi connectivity index (χ4n) is 3.30. The first kappa shape index (κ1) is 22.3. The molecule has 0 spiro atoms. The highest BCUT2D eigenvalue weighted by molar-refractivity contribution is 5.80. The molecular weight excluding hydrogens is 422 g/mol. The van der Waals surface area contributed by atoms with Crippen molar-refractivity contribution in [3.63, 3.8) is 0 Å². The molecule has 1 saturated heterocycles. The summed E-state index contributed by atoms with van der Waals surface area (Å²) in [5, 5.41) is 13.6. The predicted molar refractivity (Wildman–Crippen MR) is 127 cm³/mol. The molecule has 2 aromatic heterocycles. The highest BCUT2D eigenvalue weighted by atomic mass is 16.5. The molecule has 1 aliphatic rings. The number of aryl methyl sites for hydroxylation is 1. The Balaban J connectivity index is 1.41. The summed E-state index contributed by atoms with van der Waals surface area (Å²) in [6, 6.07) is 15.1. The first-order valence-electron chi connectivity index (χ1n) is 10.8. The largest absolute Gasteiger partial charge is 0.506 e. The maximum atomic E-state index is 9.30. The number of hydrogen-bond donors (Lipinski definition) is 2. The van der Waals surface area contributed by atoms with Gasteiger partial charge >= 0.3 is 0 Å². The summed E-state index contributed by atoms with van der Waals surface area (Å²) < 4.78 is 16.9. The SMILES string of the molecule is Cc1cccc(C=NNc2cc(N3CCOCC3)cc(OCCOc3ccc(O)cn3)n2)c1. The maximum Gasteiger partial charge on any atom is 0.217 e. The Morgan fingerprint density at radius 1 is 1.09 bits per heavy atom. The van der Waals surface area contributed by atoms with Gasteiger partial charge in [-0.2, -0.15) is 10.1 Å². The number of nitrogens with one attached hydrogen (secondary N) is 1. The van der Waals surface area contributed by atoms with Crippen LogP contribution < -0.4 is 19.8 Å². The fourth-order valence-corrected chi connectivity index (χ4v) is 3.30. The molecule has 9 heteroatoms. The second-order valence-corrected chi connectivity index (χ2v) is 7.48. The van der Waals surface area contributed by atoms with Crippen LogP contribution in [0.15, 0.2) is 59.8 Å². The molecule has 172 valence electrons. The van der Waals surface area contributed by atoms with Crippen LogP contribution >= 0.6 is 0 Å². The van der Waals surface area contributed by atoms with Gasteiger partial charge in [0.05, 0.1) is 25.6 Å². The lowest BCUT2D eigenvalue weighted by Gasteiger charge is -2.29. The molecule has 0 amide bonds. The van der Waals surface area contributed by atoms with Crippen molar-refractivity contribution in [3.05, 3.63) is 65.9 Å². The monoisotopic (exact) mass is 449 g/mol. The lowest BCUT2D eigenvalue weighted by Crippen LogP contribution is -2.36. The number of anilines is 2. The molecule has 3 heterocycles. The van der Waals surface area contributed by atoms with E-state index in [4.69, 9.17) is 14.2 Å². The molecule has 2 N–H and O–H groups in total. The number of ether oxygens (including phenoxy) is 3. The third-order valence-corrected chi connectivity index (χ3v) is 4.90. The molecule has 9 nitrogen and oxygen atoms in total. The Labute approximate surface area is 192 Å². The summed E-state index contributed by atoms with van der Waals surface area (Å²) >= 11 is 0. The van der Waals surface area contributed by atoms with Gasteiger partial charge in [0.1, 0.15) is 19.0 Å². The smallest absolute Gasteiger partial charge is 0.217 e. The van der Waals surface area contributed by atoms with Gasteiger partial charge in [0.2, 0.25) is 11.8 Å². The first-order chi connectivity index (χ1) is 16.2. The molecule has 4 rings (SSSR count). The van der Waals surface area contributed by atoms with Gasteiger partial charge in [0, 0.05) is 37.0 Å². The zero-order valence-electron chi connectivity index (χ0n) is 18.5. The van der Waals surface area contributed by atoms with Crippen molar-refractivity contribution in [1.82, 2.24) is 9.97 Å². The zero-order valence-corrected chi connectivity index (χ0v) is 18.5. The van der Waals surface area contributed by atoms with Gasteiger partial charge in [0.15, 0.2) is 5.82 Å². The van der Waals surface area contributed by atoms with Crippen LogP contribution in [0, 0.1) is 6.92 Å². The number of aromatic nitrogens is 2.